The molecule has 0 bridgehead atoms. The first-order chi connectivity index (χ1) is 13.0. The van der Waals surface area contributed by atoms with Crippen LogP contribution in [0.3, 0.4) is 0 Å². The monoisotopic (exact) mass is 503 g/mol. The van der Waals surface area contributed by atoms with Gasteiger partial charge in [0.05, 0.1) is 13.2 Å². The van der Waals surface area contributed by atoms with Crippen LogP contribution in [0.15, 0.2) is 29.3 Å². The number of ether oxygens (including phenoxy) is 1. The van der Waals surface area contributed by atoms with Gasteiger partial charge >= 0.3 is 0 Å². The minimum Gasteiger partial charge on any atom is -0.497 e. The van der Waals surface area contributed by atoms with Crippen LogP contribution in [0.1, 0.15) is 31.4 Å². The van der Waals surface area contributed by atoms with E-state index < -0.39 is 0 Å². The molecule has 1 aromatic carbocycles. The van der Waals surface area contributed by atoms with E-state index in [4.69, 9.17) is 4.74 Å². The van der Waals surface area contributed by atoms with E-state index in [2.05, 4.69) is 32.7 Å². The molecule has 0 spiro atoms. The highest BCUT2D eigenvalue weighted by molar-refractivity contribution is 14.0. The van der Waals surface area contributed by atoms with Gasteiger partial charge in [-0.05, 0) is 50.6 Å². The summed E-state index contributed by atoms with van der Waals surface area (Å²) >= 11 is 0. The summed E-state index contributed by atoms with van der Waals surface area (Å²) in [6, 6.07) is 8.48. The first kappa shape index (κ1) is 24.5. The van der Waals surface area contributed by atoms with Crippen molar-refractivity contribution in [2.75, 3.05) is 53.9 Å². The average Bonchev–Trinajstić information content (AvgIpc) is 3.20. The lowest BCUT2D eigenvalue weighted by molar-refractivity contribution is -0.127. The highest BCUT2D eigenvalue weighted by atomic mass is 127. The number of aliphatic imine (C=N–C) groups is 1. The zero-order valence-electron chi connectivity index (χ0n) is 17.4. The van der Waals surface area contributed by atoms with Crippen molar-refractivity contribution in [3.8, 4) is 5.75 Å². The molecule has 0 aromatic heterocycles. The molecule has 1 atom stereocenters. The second-order valence-corrected chi connectivity index (χ2v) is 6.90. The summed E-state index contributed by atoms with van der Waals surface area (Å²) < 4.78 is 5.40. The lowest BCUT2D eigenvalue weighted by Crippen LogP contribution is -2.43. The molecule has 1 heterocycles. The summed E-state index contributed by atoms with van der Waals surface area (Å²) in [5.41, 5.74) is 1.23. The van der Waals surface area contributed by atoms with E-state index in [0.717, 1.165) is 31.9 Å². The van der Waals surface area contributed by atoms with Crippen LogP contribution >= 0.6 is 24.0 Å². The molecule has 7 nitrogen and oxygen atoms in total. The molecule has 1 unspecified atom stereocenters. The first-order valence-electron chi connectivity index (χ1n) is 9.65. The van der Waals surface area contributed by atoms with Gasteiger partial charge in [-0.2, -0.15) is 0 Å². The van der Waals surface area contributed by atoms with Gasteiger partial charge in [0.15, 0.2) is 5.96 Å². The van der Waals surface area contributed by atoms with Crippen molar-refractivity contribution in [3.05, 3.63) is 29.8 Å². The fourth-order valence-electron chi connectivity index (χ4n) is 3.18. The summed E-state index contributed by atoms with van der Waals surface area (Å²) in [5.74, 6) is 1.52. The van der Waals surface area contributed by atoms with Gasteiger partial charge in [0, 0.05) is 27.2 Å². The van der Waals surface area contributed by atoms with E-state index in [1.165, 1.54) is 18.4 Å². The van der Waals surface area contributed by atoms with Crippen molar-refractivity contribution in [2.24, 2.45) is 4.99 Å². The van der Waals surface area contributed by atoms with Gasteiger partial charge in [-0.25, -0.2) is 4.99 Å². The Morgan fingerprint density at radius 2 is 2.00 bits per heavy atom. The van der Waals surface area contributed by atoms with Gasteiger partial charge in [-0.15, -0.1) is 24.0 Å². The molecule has 1 fully saturated rings. The molecule has 1 aliphatic rings. The normalized spacial score (nSPS) is 15.5. The number of likely N-dealkylation sites (tertiary alicyclic amines) is 1. The van der Waals surface area contributed by atoms with E-state index in [1.54, 1.807) is 26.1 Å². The first-order valence-corrected chi connectivity index (χ1v) is 9.65. The molecule has 8 heteroatoms. The number of likely N-dealkylation sites (N-methyl/N-ethyl adjacent to an activating group) is 1. The third kappa shape index (κ3) is 7.46. The second kappa shape index (κ2) is 12.8. The molecule has 2 N–H and O–H groups in total. The fourth-order valence-corrected chi connectivity index (χ4v) is 3.18. The highest BCUT2D eigenvalue weighted by Crippen LogP contribution is 2.27. The Hall–Kier alpha value is -1.55. The Kier molecular flexibility index (Phi) is 11.2. The SMILES string of the molecule is CCNC(=NCC(=O)N(C)C)NCC(c1cccc(OC)c1)N1CCCC1.I. The number of nitrogens with one attached hydrogen (secondary N) is 2. The number of carbonyl (C=O) groups excluding carboxylic acids is 1. The number of carbonyl (C=O) groups is 1. The van der Waals surface area contributed by atoms with Crippen LogP contribution in [-0.4, -0.2) is 75.6 Å². The number of hydrogen-bond acceptors (Lipinski definition) is 4. The predicted octanol–water partition coefficient (Wildman–Crippen LogP) is 2.09. The molecule has 0 radical (unpaired) electrons. The van der Waals surface area contributed by atoms with E-state index in [0.29, 0.717) is 5.96 Å². The quantitative estimate of drug-likeness (QED) is 0.323. The number of benzene rings is 1. The third-order valence-corrected chi connectivity index (χ3v) is 4.74. The van der Waals surface area contributed by atoms with E-state index >= 15 is 0 Å². The van der Waals surface area contributed by atoms with Gasteiger partial charge in [0.1, 0.15) is 12.3 Å². The molecule has 2 rings (SSSR count). The van der Waals surface area contributed by atoms with E-state index in [9.17, 15) is 4.79 Å². The Balaban J connectivity index is 0.00000392. The minimum absolute atomic E-state index is 0. The van der Waals surface area contributed by atoms with Crippen LogP contribution in [0.5, 0.6) is 5.75 Å². The maximum absolute atomic E-state index is 11.8. The summed E-state index contributed by atoms with van der Waals surface area (Å²) in [7, 11) is 5.18. The molecule has 1 saturated heterocycles. The summed E-state index contributed by atoms with van der Waals surface area (Å²) in [5, 5.41) is 6.64. The van der Waals surface area contributed by atoms with Crippen LogP contribution in [0.2, 0.25) is 0 Å². The number of hydrogen-bond donors (Lipinski definition) is 2. The van der Waals surface area contributed by atoms with Crippen molar-refractivity contribution in [1.29, 1.82) is 0 Å². The number of guanidine groups is 1. The number of methoxy groups -OCH3 is 1. The van der Waals surface area contributed by atoms with E-state index in [1.807, 2.05) is 19.1 Å². The zero-order valence-corrected chi connectivity index (χ0v) is 19.7. The molecular formula is C20H34IN5O2. The Labute approximate surface area is 185 Å². The van der Waals surface area contributed by atoms with Crippen LogP contribution in [0.4, 0.5) is 0 Å². The van der Waals surface area contributed by atoms with Gasteiger partial charge in [0.2, 0.25) is 5.91 Å². The molecule has 1 amide bonds. The van der Waals surface area contributed by atoms with Crippen molar-refractivity contribution < 1.29 is 9.53 Å². The largest absolute Gasteiger partial charge is 0.497 e. The van der Waals surface area contributed by atoms with Crippen LogP contribution in [0.25, 0.3) is 0 Å². The summed E-state index contributed by atoms with van der Waals surface area (Å²) in [6.45, 7) is 5.80. The minimum atomic E-state index is -0.0175. The predicted molar refractivity (Wildman–Crippen MR) is 125 cm³/mol. The molecule has 158 valence electrons. The van der Waals surface area contributed by atoms with Gasteiger partial charge < -0.3 is 20.3 Å². The topological polar surface area (TPSA) is 69.2 Å². The van der Waals surface area contributed by atoms with Gasteiger partial charge in [-0.3, -0.25) is 9.69 Å². The third-order valence-electron chi connectivity index (χ3n) is 4.74. The van der Waals surface area contributed by atoms with Crippen LogP contribution < -0.4 is 15.4 Å². The Bertz CT molecular complexity index is 633. The van der Waals surface area contributed by atoms with Crippen LogP contribution in [-0.2, 0) is 4.79 Å². The van der Waals surface area contributed by atoms with Crippen molar-refractivity contribution in [1.82, 2.24) is 20.4 Å². The molecule has 0 saturated carbocycles. The zero-order chi connectivity index (χ0) is 19.6. The molecule has 0 aliphatic carbocycles. The smallest absolute Gasteiger partial charge is 0.243 e. The van der Waals surface area contributed by atoms with Crippen molar-refractivity contribution in [3.63, 3.8) is 0 Å². The lowest BCUT2D eigenvalue weighted by atomic mass is 10.1. The number of nitrogens with zero attached hydrogens (tertiary/aromatic N) is 3. The Morgan fingerprint density at radius 1 is 1.29 bits per heavy atom. The standard InChI is InChI=1S/C20H33N5O2.HI/c1-5-21-20(23-15-19(26)24(2)3)22-14-18(25-11-6-7-12-25)16-9-8-10-17(13-16)27-4;/h8-10,13,18H,5-7,11-12,14-15H2,1-4H3,(H2,21,22,23);1H. The summed E-state index contributed by atoms with van der Waals surface area (Å²) in [4.78, 5) is 20.3. The van der Waals surface area contributed by atoms with Gasteiger partial charge in [-0.1, -0.05) is 12.1 Å². The molecular weight excluding hydrogens is 469 g/mol. The maximum Gasteiger partial charge on any atom is 0.243 e. The van der Waals surface area contributed by atoms with Crippen molar-refractivity contribution in [2.45, 2.75) is 25.8 Å². The molecule has 1 aliphatic heterocycles. The number of amides is 1. The van der Waals surface area contributed by atoms with Gasteiger partial charge in [0.25, 0.3) is 0 Å². The van der Waals surface area contributed by atoms with Crippen LogP contribution in [0, 0.1) is 0 Å². The fraction of sp³-hybridized carbons (Fsp3) is 0.600. The average molecular weight is 503 g/mol. The molecule has 1 aromatic rings. The number of halogens is 1. The number of rotatable bonds is 8. The van der Waals surface area contributed by atoms with E-state index in [-0.39, 0.29) is 42.5 Å². The Morgan fingerprint density at radius 3 is 2.61 bits per heavy atom. The molecule has 28 heavy (non-hydrogen) atoms. The van der Waals surface area contributed by atoms with Crippen molar-refractivity contribution >= 4 is 35.8 Å². The maximum atomic E-state index is 11.8. The second-order valence-electron chi connectivity index (χ2n) is 6.90. The summed E-state index contributed by atoms with van der Waals surface area (Å²) in [6.07, 6.45) is 2.46. The lowest BCUT2D eigenvalue weighted by Gasteiger charge is -2.29. The highest BCUT2D eigenvalue weighted by Gasteiger charge is 2.24.